The van der Waals surface area contributed by atoms with E-state index in [1.165, 1.54) is 27.1 Å². The van der Waals surface area contributed by atoms with Gasteiger partial charge in [0.15, 0.2) is 0 Å². The van der Waals surface area contributed by atoms with Crippen molar-refractivity contribution in [1.29, 1.82) is 0 Å². The van der Waals surface area contributed by atoms with E-state index in [1.54, 1.807) is 0 Å². The Morgan fingerprint density at radius 3 is 2.29 bits per heavy atom. The van der Waals surface area contributed by atoms with Gasteiger partial charge >= 0.3 is 0 Å². The summed E-state index contributed by atoms with van der Waals surface area (Å²) in [5.41, 5.74) is 2.47. The number of rotatable bonds is 2. The summed E-state index contributed by atoms with van der Waals surface area (Å²) in [6.45, 7) is 5.08. The summed E-state index contributed by atoms with van der Waals surface area (Å²) in [7, 11) is 0. The number of β-amino-alcohol motifs (C(OH)–C–C–N with tert-alkyl or cyclic N) is 1. The number of aliphatic hydroxyl groups is 1. The van der Waals surface area contributed by atoms with Crippen molar-refractivity contribution in [1.82, 2.24) is 0 Å². The van der Waals surface area contributed by atoms with Crippen molar-refractivity contribution in [2.75, 3.05) is 18.1 Å². The normalized spacial score (nSPS) is 20.8. The van der Waals surface area contributed by atoms with Crippen molar-refractivity contribution in [2.24, 2.45) is 0 Å². The van der Waals surface area contributed by atoms with E-state index in [0.29, 0.717) is 6.54 Å². The van der Waals surface area contributed by atoms with Crippen LogP contribution in [0, 0.1) is 0 Å². The van der Waals surface area contributed by atoms with E-state index in [9.17, 15) is 5.11 Å². The molecule has 0 radical (unpaired) electrons. The number of ether oxygens (including phenoxy) is 1. The second kappa shape index (κ2) is 6.35. The topological polar surface area (TPSA) is 32.7 Å². The Hall–Kier alpha value is -3.30. The summed E-state index contributed by atoms with van der Waals surface area (Å²) in [5.74, 6) is 0.884. The number of aliphatic hydroxyl groups excluding tert-OH is 1. The largest absolute Gasteiger partial charge is 0.463 e. The molecule has 3 heteroatoms. The van der Waals surface area contributed by atoms with E-state index >= 15 is 0 Å². The highest BCUT2D eigenvalue weighted by atomic mass is 16.5. The van der Waals surface area contributed by atoms with Gasteiger partial charge in [0.05, 0.1) is 12.0 Å². The summed E-state index contributed by atoms with van der Waals surface area (Å²) in [6, 6.07) is 25.5. The molecular formula is C28H25NO2. The fraction of sp³-hybridized carbons (Fsp3) is 0.214. The zero-order valence-electron chi connectivity index (χ0n) is 17.8. The molecule has 6 rings (SSSR count). The third-order valence-corrected chi connectivity index (χ3v) is 7.12. The van der Waals surface area contributed by atoms with E-state index < -0.39 is 5.72 Å². The Labute approximate surface area is 182 Å². The Morgan fingerprint density at radius 1 is 0.839 bits per heavy atom. The van der Waals surface area contributed by atoms with E-state index in [-0.39, 0.29) is 12.0 Å². The van der Waals surface area contributed by atoms with Crippen LogP contribution < -0.4 is 9.64 Å². The van der Waals surface area contributed by atoms with Crippen LogP contribution in [0.25, 0.3) is 27.6 Å². The second-order valence-corrected chi connectivity index (χ2v) is 9.01. The van der Waals surface area contributed by atoms with E-state index in [4.69, 9.17) is 4.74 Å². The molecule has 31 heavy (non-hydrogen) atoms. The molecule has 2 aliphatic heterocycles. The highest BCUT2D eigenvalue weighted by Gasteiger charge is 2.59. The van der Waals surface area contributed by atoms with Crippen LogP contribution >= 0.6 is 0 Å². The zero-order valence-corrected chi connectivity index (χ0v) is 17.8. The van der Waals surface area contributed by atoms with Crippen molar-refractivity contribution in [3.8, 4) is 5.75 Å². The first-order valence-corrected chi connectivity index (χ1v) is 10.9. The first kappa shape index (κ1) is 18.5. The minimum atomic E-state index is -0.711. The van der Waals surface area contributed by atoms with Crippen molar-refractivity contribution >= 4 is 33.3 Å². The smallest absolute Gasteiger partial charge is 0.212 e. The maximum atomic E-state index is 9.97. The number of anilines is 1. The molecule has 2 aliphatic rings. The third kappa shape index (κ3) is 2.33. The maximum absolute atomic E-state index is 9.97. The molecule has 3 nitrogen and oxygen atoms in total. The van der Waals surface area contributed by atoms with Crippen LogP contribution in [0.15, 0.2) is 78.9 Å². The SMILES string of the molecule is CC1(C)c2c(ccc3ccccc23)N(CCO)C12C=Cc1c(ccc3ccccc13)O2. The van der Waals surface area contributed by atoms with Gasteiger partial charge in [-0.1, -0.05) is 60.7 Å². The van der Waals surface area contributed by atoms with Crippen LogP contribution in [0.5, 0.6) is 5.75 Å². The van der Waals surface area contributed by atoms with Crippen molar-refractivity contribution in [3.05, 3.63) is 90.0 Å². The van der Waals surface area contributed by atoms with Gasteiger partial charge in [0, 0.05) is 17.8 Å². The Morgan fingerprint density at radius 2 is 1.52 bits per heavy atom. The summed E-state index contributed by atoms with van der Waals surface area (Å²) in [4.78, 5) is 2.24. The lowest BCUT2D eigenvalue weighted by molar-refractivity contribution is 0.0511. The Balaban J connectivity index is 1.60. The van der Waals surface area contributed by atoms with Gasteiger partial charge in [-0.2, -0.15) is 0 Å². The molecule has 0 saturated carbocycles. The number of nitrogens with zero attached hydrogens (tertiary/aromatic N) is 1. The minimum absolute atomic E-state index is 0.0614. The molecule has 0 saturated heterocycles. The average molecular weight is 408 g/mol. The summed E-state index contributed by atoms with van der Waals surface area (Å²) in [6.07, 6.45) is 4.41. The second-order valence-electron chi connectivity index (χ2n) is 9.01. The molecule has 1 atom stereocenters. The van der Waals surface area contributed by atoms with Crippen LogP contribution in [-0.2, 0) is 5.41 Å². The lowest BCUT2D eigenvalue weighted by atomic mass is 9.74. The number of hydrogen-bond donors (Lipinski definition) is 1. The quantitative estimate of drug-likeness (QED) is 0.450. The molecule has 1 N–H and O–H groups in total. The monoisotopic (exact) mass is 407 g/mol. The van der Waals surface area contributed by atoms with Gasteiger partial charge < -0.3 is 14.7 Å². The first-order valence-electron chi connectivity index (χ1n) is 10.9. The molecule has 4 aromatic carbocycles. The molecule has 1 unspecified atom stereocenters. The van der Waals surface area contributed by atoms with Gasteiger partial charge in [-0.3, -0.25) is 0 Å². The highest BCUT2D eigenvalue weighted by molar-refractivity contribution is 5.96. The number of hydrogen-bond acceptors (Lipinski definition) is 3. The first-order chi connectivity index (χ1) is 15.1. The Kier molecular flexibility index (Phi) is 3.78. The number of benzene rings is 4. The van der Waals surface area contributed by atoms with Crippen LogP contribution in [0.2, 0.25) is 0 Å². The van der Waals surface area contributed by atoms with Gasteiger partial charge in [0.2, 0.25) is 5.72 Å². The predicted octanol–water partition coefficient (Wildman–Crippen LogP) is 5.89. The molecular weight excluding hydrogens is 382 g/mol. The molecule has 4 aromatic rings. The fourth-order valence-corrected chi connectivity index (χ4v) is 5.64. The van der Waals surface area contributed by atoms with E-state index in [0.717, 1.165) is 17.0 Å². The van der Waals surface area contributed by atoms with Gasteiger partial charge in [-0.25, -0.2) is 0 Å². The van der Waals surface area contributed by atoms with Crippen LogP contribution in [-0.4, -0.2) is 24.0 Å². The third-order valence-electron chi connectivity index (χ3n) is 7.12. The lowest BCUT2D eigenvalue weighted by Crippen LogP contribution is -2.60. The van der Waals surface area contributed by atoms with Crippen LogP contribution in [0.4, 0.5) is 5.69 Å². The fourth-order valence-electron chi connectivity index (χ4n) is 5.64. The Bertz CT molecular complexity index is 1370. The van der Waals surface area contributed by atoms with E-state index in [1.807, 2.05) is 0 Å². The standard InChI is InChI=1S/C28H25NO2/c1-27(2)26-22-10-6-4-8-20(22)11-13-24(26)29(17-18-30)28(27)16-15-23-21-9-5-3-7-19(21)12-14-25(23)31-28/h3-16,30H,17-18H2,1-2H3. The van der Waals surface area contributed by atoms with Crippen LogP contribution in [0.1, 0.15) is 25.0 Å². The molecule has 0 fully saturated rings. The average Bonchev–Trinajstić information content (AvgIpc) is 2.97. The maximum Gasteiger partial charge on any atom is 0.212 e. The minimum Gasteiger partial charge on any atom is -0.463 e. The molecule has 0 aliphatic carbocycles. The molecule has 0 aromatic heterocycles. The van der Waals surface area contributed by atoms with Crippen molar-refractivity contribution in [3.63, 3.8) is 0 Å². The van der Waals surface area contributed by atoms with E-state index in [2.05, 4.69) is 104 Å². The van der Waals surface area contributed by atoms with Gasteiger partial charge in [-0.05, 0) is 65.2 Å². The molecule has 2 heterocycles. The van der Waals surface area contributed by atoms with Crippen molar-refractivity contribution < 1.29 is 9.84 Å². The van der Waals surface area contributed by atoms with Crippen molar-refractivity contribution in [2.45, 2.75) is 25.0 Å². The highest BCUT2D eigenvalue weighted by Crippen LogP contribution is 2.57. The summed E-state index contributed by atoms with van der Waals surface area (Å²) < 4.78 is 6.93. The molecule has 0 amide bonds. The lowest BCUT2D eigenvalue weighted by Gasteiger charge is -2.47. The summed E-state index contributed by atoms with van der Waals surface area (Å²) >= 11 is 0. The molecule has 154 valence electrons. The summed E-state index contributed by atoms with van der Waals surface area (Å²) in [5, 5.41) is 14.8. The number of fused-ring (bicyclic) bond motifs is 6. The van der Waals surface area contributed by atoms with Gasteiger partial charge in [0.1, 0.15) is 5.75 Å². The molecule has 1 spiro atoms. The molecule has 0 bridgehead atoms. The van der Waals surface area contributed by atoms with Crippen LogP contribution in [0.3, 0.4) is 0 Å². The predicted molar refractivity (Wildman–Crippen MR) is 128 cm³/mol. The van der Waals surface area contributed by atoms with Gasteiger partial charge in [0.25, 0.3) is 0 Å². The zero-order chi connectivity index (χ0) is 21.2. The van der Waals surface area contributed by atoms with Gasteiger partial charge in [-0.15, -0.1) is 0 Å².